The number of ether oxygens (including phenoxy) is 1. The van der Waals surface area contributed by atoms with Gasteiger partial charge in [-0.05, 0) is 51.0 Å². The van der Waals surface area contributed by atoms with Gasteiger partial charge in [0.25, 0.3) is 0 Å². The van der Waals surface area contributed by atoms with E-state index >= 15 is 0 Å². The van der Waals surface area contributed by atoms with Crippen molar-refractivity contribution in [2.75, 3.05) is 26.2 Å². The molecule has 1 saturated carbocycles. The standard InChI is InChI=1S/C17H26FN3O2/c1-3-19-16(21-11-17(12-22)8-9-17)20-10-13(2)23-15-6-4-14(18)5-7-15/h4-7,13,22H,3,8-12H2,1-2H3,(H2,19,20,21). The maximum atomic E-state index is 12.9. The van der Waals surface area contributed by atoms with Crippen molar-refractivity contribution < 1.29 is 14.2 Å². The Kier molecular flexibility index (Phi) is 6.21. The molecule has 1 atom stereocenters. The second kappa shape index (κ2) is 8.15. The monoisotopic (exact) mass is 323 g/mol. The van der Waals surface area contributed by atoms with Crippen molar-refractivity contribution in [3.63, 3.8) is 0 Å². The first kappa shape index (κ1) is 17.5. The predicted octanol–water partition coefficient (Wildman–Crippen LogP) is 1.92. The molecule has 1 unspecified atom stereocenters. The van der Waals surface area contributed by atoms with Crippen molar-refractivity contribution in [2.24, 2.45) is 10.4 Å². The van der Waals surface area contributed by atoms with Gasteiger partial charge in [-0.15, -0.1) is 0 Å². The van der Waals surface area contributed by atoms with Crippen LogP contribution in [0.4, 0.5) is 4.39 Å². The van der Waals surface area contributed by atoms with Crippen LogP contribution in [-0.4, -0.2) is 43.4 Å². The van der Waals surface area contributed by atoms with Crippen LogP contribution in [0.25, 0.3) is 0 Å². The molecule has 1 aromatic rings. The lowest BCUT2D eigenvalue weighted by Crippen LogP contribution is -2.42. The second-order valence-electron chi connectivity index (χ2n) is 6.12. The molecule has 23 heavy (non-hydrogen) atoms. The Morgan fingerprint density at radius 1 is 1.35 bits per heavy atom. The van der Waals surface area contributed by atoms with E-state index in [1.165, 1.54) is 12.1 Å². The number of rotatable bonds is 8. The van der Waals surface area contributed by atoms with Crippen molar-refractivity contribution in [3.05, 3.63) is 30.1 Å². The highest BCUT2D eigenvalue weighted by Crippen LogP contribution is 2.45. The Morgan fingerprint density at radius 2 is 2.04 bits per heavy atom. The number of aliphatic imine (C=N–C) groups is 1. The molecule has 0 heterocycles. The molecule has 6 heteroatoms. The maximum Gasteiger partial charge on any atom is 0.191 e. The number of guanidine groups is 1. The quantitative estimate of drug-likeness (QED) is 0.505. The van der Waals surface area contributed by atoms with Crippen LogP contribution in [0.5, 0.6) is 5.75 Å². The molecule has 0 aromatic heterocycles. The van der Waals surface area contributed by atoms with E-state index in [-0.39, 0.29) is 23.9 Å². The van der Waals surface area contributed by atoms with E-state index in [4.69, 9.17) is 4.74 Å². The van der Waals surface area contributed by atoms with Crippen LogP contribution < -0.4 is 15.4 Å². The van der Waals surface area contributed by atoms with E-state index in [9.17, 15) is 9.50 Å². The zero-order valence-electron chi connectivity index (χ0n) is 13.8. The molecule has 3 N–H and O–H groups in total. The summed E-state index contributed by atoms with van der Waals surface area (Å²) < 4.78 is 18.6. The van der Waals surface area contributed by atoms with Gasteiger partial charge in [0.05, 0.1) is 19.7 Å². The summed E-state index contributed by atoms with van der Waals surface area (Å²) in [6, 6.07) is 5.99. The number of benzene rings is 1. The molecule has 5 nitrogen and oxygen atoms in total. The van der Waals surface area contributed by atoms with Crippen LogP contribution in [0.1, 0.15) is 26.7 Å². The second-order valence-corrected chi connectivity index (χ2v) is 6.12. The zero-order chi connectivity index (χ0) is 16.7. The first-order chi connectivity index (χ1) is 11.1. The van der Waals surface area contributed by atoms with Gasteiger partial charge in [-0.25, -0.2) is 4.39 Å². The summed E-state index contributed by atoms with van der Waals surface area (Å²) in [5.41, 5.74) is -0.00141. The van der Waals surface area contributed by atoms with Crippen LogP contribution in [0.2, 0.25) is 0 Å². The highest BCUT2D eigenvalue weighted by molar-refractivity contribution is 5.79. The largest absolute Gasteiger partial charge is 0.489 e. The molecule has 0 bridgehead atoms. The van der Waals surface area contributed by atoms with Crippen LogP contribution in [0.15, 0.2) is 29.3 Å². The van der Waals surface area contributed by atoms with Gasteiger partial charge in [0.2, 0.25) is 0 Å². The van der Waals surface area contributed by atoms with Gasteiger partial charge in [0.1, 0.15) is 17.7 Å². The van der Waals surface area contributed by atoms with Crippen molar-refractivity contribution >= 4 is 5.96 Å². The van der Waals surface area contributed by atoms with E-state index in [0.717, 1.165) is 25.3 Å². The summed E-state index contributed by atoms with van der Waals surface area (Å²) >= 11 is 0. The molecule has 2 rings (SSSR count). The van der Waals surface area contributed by atoms with Crippen molar-refractivity contribution in [2.45, 2.75) is 32.8 Å². The minimum atomic E-state index is -0.275. The van der Waals surface area contributed by atoms with Crippen molar-refractivity contribution in [3.8, 4) is 5.75 Å². The molecular formula is C17H26FN3O2. The van der Waals surface area contributed by atoms with Gasteiger partial charge in [-0.3, -0.25) is 4.99 Å². The smallest absolute Gasteiger partial charge is 0.191 e. The number of aliphatic hydroxyl groups excluding tert-OH is 1. The van der Waals surface area contributed by atoms with E-state index in [0.29, 0.717) is 18.8 Å². The third kappa shape index (κ3) is 5.71. The third-order valence-electron chi connectivity index (χ3n) is 3.92. The molecule has 0 aliphatic heterocycles. The highest BCUT2D eigenvalue weighted by Gasteiger charge is 2.41. The summed E-state index contributed by atoms with van der Waals surface area (Å²) in [4.78, 5) is 4.54. The molecule has 1 aliphatic carbocycles. The van der Waals surface area contributed by atoms with E-state index in [1.54, 1.807) is 12.1 Å². The van der Waals surface area contributed by atoms with Crippen LogP contribution in [0.3, 0.4) is 0 Å². The Balaban J connectivity index is 1.80. The Labute approximate surface area is 137 Å². The number of nitrogens with zero attached hydrogens (tertiary/aromatic N) is 1. The fourth-order valence-electron chi connectivity index (χ4n) is 2.16. The molecule has 0 saturated heterocycles. The molecule has 1 aliphatic rings. The average Bonchev–Trinajstić information content (AvgIpc) is 3.33. The van der Waals surface area contributed by atoms with Gasteiger partial charge in [-0.2, -0.15) is 0 Å². The lowest BCUT2D eigenvalue weighted by atomic mass is 10.1. The number of hydrogen-bond donors (Lipinski definition) is 3. The number of halogens is 1. The fraction of sp³-hybridized carbons (Fsp3) is 0.588. The van der Waals surface area contributed by atoms with Crippen molar-refractivity contribution in [1.82, 2.24) is 10.6 Å². The zero-order valence-corrected chi connectivity index (χ0v) is 13.8. The highest BCUT2D eigenvalue weighted by atomic mass is 19.1. The van der Waals surface area contributed by atoms with E-state index in [2.05, 4.69) is 15.6 Å². The third-order valence-corrected chi connectivity index (χ3v) is 3.92. The summed E-state index contributed by atoms with van der Waals surface area (Å²) in [5, 5.41) is 15.8. The normalized spacial score (nSPS) is 17.5. The lowest BCUT2D eigenvalue weighted by molar-refractivity contribution is 0.216. The van der Waals surface area contributed by atoms with Gasteiger partial charge in [0, 0.05) is 12.0 Å². The fourth-order valence-corrected chi connectivity index (χ4v) is 2.16. The van der Waals surface area contributed by atoms with Gasteiger partial charge in [0.15, 0.2) is 5.96 Å². The molecule has 0 spiro atoms. The van der Waals surface area contributed by atoms with Crippen LogP contribution >= 0.6 is 0 Å². The van der Waals surface area contributed by atoms with Gasteiger partial charge in [-0.1, -0.05) is 0 Å². The van der Waals surface area contributed by atoms with Crippen LogP contribution in [0, 0.1) is 11.2 Å². The number of aliphatic hydroxyl groups is 1. The Bertz CT molecular complexity index is 515. The molecular weight excluding hydrogens is 297 g/mol. The summed E-state index contributed by atoms with van der Waals surface area (Å²) in [7, 11) is 0. The Hall–Kier alpha value is -1.82. The topological polar surface area (TPSA) is 65.9 Å². The molecule has 128 valence electrons. The summed E-state index contributed by atoms with van der Waals surface area (Å²) in [5.74, 6) is 1.09. The minimum Gasteiger partial charge on any atom is -0.489 e. The SMILES string of the molecule is CCNC(=NCC1(CO)CC1)NCC(C)Oc1ccc(F)cc1. The molecule has 0 amide bonds. The van der Waals surface area contributed by atoms with E-state index in [1.807, 2.05) is 13.8 Å². The average molecular weight is 323 g/mol. The molecule has 0 radical (unpaired) electrons. The van der Waals surface area contributed by atoms with E-state index < -0.39 is 0 Å². The maximum absolute atomic E-state index is 12.9. The number of nitrogens with one attached hydrogen (secondary N) is 2. The Morgan fingerprint density at radius 3 is 2.61 bits per heavy atom. The van der Waals surface area contributed by atoms with Gasteiger partial charge < -0.3 is 20.5 Å². The first-order valence-corrected chi connectivity index (χ1v) is 8.12. The number of hydrogen-bond acceptors (Lipinski definition) is 3. The van der Waals surface area contributed by atoms with Crippen LogP contribution in [-0.2, 0) is 0 Å². The molecule has 1 aromatic carbocycles. The molecule has 1 fully saturated rings. The summed E-state index contributed by atoms with van der Waals surface area (Å²) in [6.07, 6.45) is 1.99. The first-order valence-electron chi connectivity index (χ1n) is 8.12. The van der Waals surface area contributed by atoms with Crippen molar-refractivity contribution in [1.29, 1.82) is 0 Å². The summed E-state index contributed by atoms with van der Waals surface area (Å²) in [6.45, 7) is 6.12. The predicted molar refractivity (Wildman–Crippen MR) is 89.2 cm³/mol. The van der Waals surface area contributed by atoms with Gasteiger partial charge >= 0.3 is 0 Å². The minimum absolute atomic E-state index is 0.00141. The lowest BCUT2D eigenvalue weighted by Gasteiger charge is -2.18.